The maximum Gasteiger partial charge on any atom is 0.325 e. The van der Waals surface area contributed by atoms with Crippen LogP contribution in [0.15, 0.2) is 0 Å². The van der Waals surface area contributed by atoms with Crippen molar-refractivity contribution in [3.63, 3.8) is 0 Å². The summed E-state index contributed by atoms with van der Waals surface area (Å²) < 4.78 is 0. The Balaban J connectivity index is 5.33. The summed E-state index contributed by atoms with van der Waals surface area (Å²) in [4.78, 5) is 70.2. The fraction of sp³-hybridized carbons (Fsp3) is 0.667. The third-order valence-corrected chi connectivity index (χ3v) is 4.36. The number of unbranched alkanes of at least 4 members (excludes halogenated alkanes) is 1. The highest BCUT2D eigenvalue weighted by molar-refractivity contribution is 5.95. The lowest BCUT2D eigenvalue weighted by Crippen LogP contribution is -2.57. The largest absolute Gasteiger partial charge is 0.481 e. The average molecular weight is 460 g/mol. The molecule has 4 amide bonds. The van der Waals surface area contributed by atoms with E-state index in [4.69, 9.17) is 27.4 Å². The number of primary amides is 1. The first-order valence-corrected chi connectivity index (χ1v) is 9.98. The van der Waals surface area contributed by atoms with E-state index in [-0.39, 0.29) is 19.3 Å². The van der Waals surface area contributed by atoms with Crippen LogP contribution in [-0.4, -0.2) is 76.5 Å². The molecule has 0 saturated heterocycles. The quantitative estimate of drug-likeness (QED) is 0.107. The first-order valence-electron chi connectivity index (χ1n) is 9.98. The zero-order valence-electron chi connectivity index (χ0n) is 17.8. The molecule has 0 aromatic rings. The van der Waals surface area contributed by atoms with Gasteiger partial charge in [-0.15, -0.1) is 0 Å². The molecule has 32 heavy (non-hydrogen) atoms. The Labute approximate surface area is 184 Å². The van der Waals surface area contributed by atoms with Gasteiger partial charge in [0.1, 0.15) is 18.1 Å². The van der Waals surface area contributed by atoms with E-state index in [1.807, 2.05) is 0 Å². The number of carbonyl (C=O) groups is 6. The maximum absolute atomic E-state index is 12.6. The summed E-state index contributed by atoms with van der Waals surface area (Å²) in [6.45, 7) is 1.56. The first kappa shape index (κ1) is 28.7. The van der Waals surface area contributed by atoms with Gasteiger partial charge in [0, 0.05) is 6.42 Å². The van der Waals surface area contributed by atoms with Gasteiger partial charge in [-0.05, 0) is 39.2 Å². The van der Waals surface area contributed by atoms with Gasteiger partial charge in [-0.3, -0.25) is 28.8 Å². The molecule has 0 aliphatic carbocycles. The van der Waals surface area contributed by atoms with E-state index in [1.165, 1.54) is 6.92 Å². The van der Waals surface area contributed by atoms with E-state index < -0.39 is 66.2 Å². The minimum atomic E-state index is -1.57. The Morgan fingerprint density at radius 2 is 1.41 bits per heavy atom. The Kier molecular flexibility index (Phi) is 13.2. The van der Waals surface area contributed by atoms with Gasteiger partial charge in [0.25, 0.3) is 0 Å². The van der Waals surface area contributed by atoms with Crippen molar-refractivity contribution in [2.45, 2.75) is 69.6 Å². The smallest absolute Gasteiger partial charge is 0.325 e. The number of amides is 4. The summed E-state index contributed by atoms with van der Waals surface area (Å²) >= 11 is 0. The van der Waals surface area contributed by atoms with Crippen molar-refractivity contribution in [3.05, 3.63) is 0 Å². The summed E-state index contributed by atoms with van der Waals surface area (Å²) in [5, 5.41) is 24.8. The number of carboxylic acid groups (broad SMARTS) is 2. The number of aliphatic carboxylic acids is 2. The van der Waals surface area contributed by atoms with Crippen LogP contribution >= 0.6 is 0 Å². The molecule has 11 N–H and O–H groups in total. The topological polar surface area (TPSA) is 257 Å². The molecule has 14 heteroatoms. The number of carboxylic acids is 2. The molecular weight excluding hydrogens is 428 g/mol. The van der Waals surface area contributed by atoms with Crippen LogP contribution in [-0.2, 0) is 28.8 Å². The van der Waals surface area contributed by atoms with Crippen molar-refractivity contribution < 1.29 is 39.0 Å². The molecular formula is C18H32N6O8. The molecule has 14 nitrogen and oxygen atoms in total. The fourth-order valence-corrected chi connectivity index (χ4v) is 2.50. The molecule has 4 unspecified atom stereocenters. The normalized spacial score (nSPS) is 14.3. The monoisotopic (exact) mass is 460 g/mol. The molecule has 0 saturated carbocycles. The molecule has 0 aromatic carbocycles. The highest BCUT2D eigenvalue weighted by Crippen LogP contribution is 2.05. The molecule has 0 fully saturated rings. The van der Waals surface area contributed by atoms with Crippen molar-refractivity contribution in [1.29, 1.82) is 0 Å². The zero-order valence-corrected chi connectivity index (χ0v) is 17.8. The van der Waals surface area contributed by atoms with Gasteiger partial charge in [0.2, 0.25) is 23.6 Å². The number of nitrogens with two attached hydrogens (primary N) is 3. The fourth-order valence-electron chi connectivity index (χ4n) is 2.50. The predicted octanol–water partition coefficient (Wildman–Crippen LogP) is -3.26. The molecule has 182 valence electrons. The molecule has 0 radical (unpaired) electrons. The Bertz CT molecular complexity index is 701. The molecule has 0 aliphatic heterocycles. The van der Waals surface area contributed by atoms with Crippen molar-refractivity contribution >= 4 is 35.6 Å². The second-order valence-electron chi connectivity index (χ2n) is 7.18. The van der Waals surface area contributed by atoms with Crippen molar-refractivity contribution in [2.24, 2.45) is 17.2 Å². The minimum Gasteiger partial charge on any atom is -0.481 e. The summed E-state index contributed by atoms with van der Waals surface area (Å²) in [5.41, 5.74) is 16.0. The Hall–Kier alpha value is -3.26. The molecule has 0 spiro atoms. The van der Waals surface area contributed by atoms with Crippen LogP contribution in [0.3, 0.4) is 0 Å². The lowest BCUT2D eigenvalue weighted by molar-refractivity contribution is -0.143. The number of hydrogen-bond acceptors (Lipinski definition) is 8. The maximum atomic E-state index is 12.6. The molecule has 0 heterocycles. The predicted molar refractivity (Wildman–Crippen MR) is 111 cm³/mol. The number of carbonyl (C=O) groups excluding carboxylic acids is 4. The van der Waals surface area contributed by atoms with Crippen LogP contribution in [0.1, 0.15) is 45.4 Å². The van der Waals surface area contributed by atoms with E-state index >= 15 is 0 Å². The highest BCUT2D eigenvalue weighted by Gasteiger charge is 2.30. The summed E-state index contributed by atoms with van der Waals surface area (Å²) in [7, 11) is 0. The van der Waals surface area contributed by atoms with Gasteiger partial charge in [0.15, 0.2) is 0 Å². The SMILES string of the molecule is CC(NC(=O)C(CCCCN)NC(=O)C(CC(=O)O)NC(=O)C(N)CCC(N)=O)C(=O)O. The second-order valence-corrected chi connectivity index (χ2v) is 7.18. The lowest BCUT2D eigenvalue weighted by Gasteiger charge is -2.24. The Morgan fingerprint density at radius 1 is 0.844 bits per heavy atom. The summed E-state index contributed by atoms with van der Waals surface area (Å²) in [6.07, 6.45) is -0.0481. The number of nitrogens with one attached hydrogen (secondary N) is 3. The van der Waals surface area contributed by atoms with E-state index in [9.17, 15) is 28.8 Å². The van der Waals surface area contributed by atoms with E-state index in [0.717, 1.165) is 0 Å². The molecule has 0 aliphatic rings. The van der Waals surface area contributed by atoms with Crippen molar-refractivity contribution in [2.75, 3.05) is 6.54 Å². The van der Waals surface area contributed by atoms with Gasteiger partial charge >= 0.3 is 11.9 Å². The third kappa shape index (κ3) is 11.8. The minimum absolute atomic E-state index is 0.104. The van der Waals surface area contributed by atoms with Crippen LogP contribution in [0.25, 0.3) is 0 Å². The van der Waals surface area contributed by atoms with E-state index in [0.29, 0.717) is 19.4 Å². The average Bonchev–Trinajstić information content (AvgIpc) is 2.69. The van der Waals surface area contributed by atoms with Crippen molar-refractivity contribution in [1.82, 2.24) is 16.0 Å². The van der Waals surface area contributed by atoms with Crippen LogP contribution in [0.4, 0.5) is 0 Å². The summed E-state index contributed by atoms with van der Waals surface area (Å²) in [6, 6.07) is -5.20. The molecule has 0 rings (SSSR count). The van der Waals surface area contributed by atoms with Crippen LogP contribution in [0, 0.1) is 0 Å². The van der Waals surface area contributed by atoms with E-state index in [2.05, 4.69) is 16.0 Å². The molecule has 0 aromatic heterocycles. The number of rotatable bonds is 16. The van der Waals surface area contributed by atoms with Crippen LogP contribution < -0.4 is 33.2 Å². The van der Waals surface area contributed by atoms with Crippen LogP contribution in [0.2, 0.25) is 0 Å². The van der Waals surface area contributed by atoms with Gasteiger partial charge in [0.05, 0.1) is 12.5 Å². The zero-order chi connectivity index (χ0) is 24.8. The standard InChI is InChI=1S/C18H32N6O8/c1-9(18(31)32)22-16(29)11(4-2-3-7-19)23-17(30)12(8-14(26)27)24-15(28)10(20)5-6-13(21)25/h9-12H,2-8,19-20H2,1H3,(H2,21,25)(H,22,29)(H,23,30)(H,24,28)(H,26,27)(H,31,32). The Morgan fingerprint density at radius 3 is 1.91 bits per heavy atom. The van der Waals surface area contributed by atoms with Crippen molar-refractivity contribution in [3.8, 4) is 0 Å². The first-order chi connectivity index (χ1) is 14.9. The lowest BCUT2D eigenvalue weighted by atomic mass is 10.1. The molecule has 4 atom stereocenters. The van der Waals surface area contributed by atoms with Crippen LogP contribution in [0.5, 0.6) is 0 Å². The number of hydrogen-bond donors (Lipinski definition) is 8. The second kappa shape index (κ2) is 14.7. The highest BCUT2D eigenvalue weighted by atomic mass is 16.4. The van der Waals surface area contributed by atoms with E-state index in [1.54, 1.807) is 0 Å². The van der Waals surface area contributed by atoms with Gasteiger partial charge < -0.3 is 43.4 Å². The van der Waals surface area contributed by atoms with Gasteiger partial charge in [-0.25, -0.2) is 0 Å². The van der Waals surface area contributed by atoms with Gasteiger partial charge in [-0.2, -0.15) is 0 Å². The summed E-state index contributed by atoms with van der Waals surface area (Å²) in [5.74, 6) is -6.01. The molecule has 0 bridgehead atoms. The van der Waals surface area contributed by atoms with Gasteiger partial charge in [-0.1, -0.05) is 0 Å². The third-order valence-electron chi connectivity index (χ3n) is 4.36.